The zero-order valence-corrected chi connectivity index (χ0v) is 46.7. The molecule has 6 aromatic rings. The van der Waals surface area contributed by atoms with E-state index in [0.29, 0.717) is 67.4 Å². The number of amides is 6. The first-order valence-corrected chi connectivity index (χ1v) is 26.1. The second-order valence-electron chi connectivity index (χ2n) is 19.3. The molecule has 0 aliphatic heterocycles. The second-order valence-corrected chi connectivity index (χ2v) is 19.3. The lowest BCUT2D eigenvalue weighted by molar-refractivity contribution is -0.159. The van der Waals surface area contributed by atoms with Gasteiger partial charge >= 0.3 is 17.8 Å². The van der Waals surface area contributed by atoms with E-state index in [1.165, 1.54) is 13.8 Å². The number of halogens is 15. The summed E-state index contributed by atoms with van der Waals surface area (Å²) in [6, 6.07) is 13.7. The summed E-state index contributed by atoms with van der Waals surface area (Å²) < 4.78 is 208. The standard InChI is InChI=1S/C21H21F5N2O2.2C19H17F5N2O3/c1-3-9-28(10-4-2)20(30)21(25,26)15-11-13(5-7-16(15)22)19(29)27-14-6-8-17(23)18(24)12-14;2*1-10(9-27)8-25-18(29)19(23,24)13-6-11(2-4-14(13)20)17(28)26-12-3-5-15(21)16(22)7-12/h5-8,11-12H,3-4,9-10H2,1-2H3,(H,27,29);2*2-7,10,27H,8-9H2,1H3,(H,25,29)(H,26,28)/t;2*10-/m.10/s1. The zero-order chi connectivity index (χ0) is 66.0. The number of nitrogens with zero attached hydrogens (tertiary/aromatic N) is 1. The van der Waals surface area contributed by atoms with Crippen LogP contribution in [0.3, 0.4) is 0 Å². The van der Waals surface area contributed by atoms with Crippen LogP contribution in [0.1, 0.15) is 88.3 Å². The molecule has 6 aromatic carbocycles. The first kappa shape index (κ1) is 71.5. The maximum absolute atomic E-state index is 14.8. The third-order valence-electron chi connectivity index (χ3n) is 12.2. The fourth-order valence-corrected chi connectivity index (χ4v) is 7.35. The minimum atomic E-state index is -4.29. The van der Waals surface area contributed by atoms with E-state index in [1.54, 1.807) is 13.8 Å². The molecule has 88 heavy (non-hydrogen) atoms. The van der Waals surface area contributed by atoms with Gasteiger partial charge in [0.15, 0.2) is 34.9 Å². The highest BCUT2D eigenvalue weighted by atomic mass is 19.3. The summed E-state index contributed by atoms with van der Waals surface area (Å²) in [6.07, 6.45) is 0.891. The van der Waals surface area contributed by atoms with Gasteiger partial charge < -0.3 is 41.7 Å². The Labute approximate surface area is 492 Å². The highest BCUT2D eigenvalue weighted by molar-refractivity contribution is 6.06. The van der Waals surface area contributed by atoms with Gasteiger partial charge in [-0.05, 0) is 116 Å². The van der Waals surface area contributed by atoms with E-state index in [4.69, 9.17) is 10.2 Å². The molecule has 6 rings (SSSR count). The van der Waals surface area contributed by atoms with Crippen LogP contribution in [0, 0.1) is 64.2 Å². The number of rotatable bonds is 22. The smallest absolute Gasteiger partial charge is 0.352 e. The Kier molecular flexibility index (Phi) is 25.7. The van der Waals surface area contributed by atoms with Gasteiger partial charge in [0.1, 0.15) is 17.5 Å². The van der Waals surface area contributed by atoms with Crippen molar-refractivity contribution in [2.45, 2.75) is 58.3 Å². The summed E-state index contributed by atoms with van der Waals surface area (Å²) in [5.41, 5.74) is -5.54. The number of aliphatic hydroxyl groups excluding tert-OH is 2. The number of benzene rings is 6. The van der Waals surface area contributed by atoms with Crippen LogP contribution in [0.2, 0.25) is 0 Å². The van der Waals surface area contributed by atoms with Gasteiger partial charge in [0.2, 0.25) is 0 Å². The van der Waals surface area contributed by atoms with Crippen LogP contribution < -0.4 is 26.6 Å². The van der Waals surface area contributed by atoms with Crippen molar-refractivity contribution in [2.75, 3.05) is 55.3 Å². The van der Waals surface area contributed by atoms with Crippen molar-refractivity contribution < 1.29 is 105 Å². The molecule has 0 aromatic heterocycles. The molecule has 0 saturated heterocycles. The molecule has 0 saturated carbocycles. The van der Waals surface area contributed by atoms with Gasteiger partial charge in [-0.15, -0.1) is 0 Å². The van der Waals surface area contributed by atoms with Crippen LogP contribution >= 0.6 is 0 Å². The molecule has 474 valence electrons. The van der Waals surface area contributed by atoms with Crippen LogP contribution in [0.25, 0.3) is 0 Å². The molecule has 0 aliphatic carbocycles. The van der Waals surface area contributed by atoms with E-state index in [9.17, 15) is 94.6 Å². The lowest BCUT2D eigenvalue weighted by Gasteiger charge is -2.27. The Balaban J connectivity index is 0.000000282. The summed E-state index contributed by atoms with van der Waals surface area (Å²) in [5, 5.41) is 28.1. The summed E-state index contributed by atoms with van der Waals surface area (Å²) in [4.78, 5) is 73.6. The Hall–Kier alpha value is -8.99. The van der Waals surface area contributed by atoms with Crippen molar-refractivity contribution >= 4 is 52.5 Å². The monoisotopic (exact) mass is 1260 g/mol. The van der Waals surface area contributed by atoms with Gasteiger partial charge in [-0.1, -0.05) is 27.7 Å². The molecule has 0 bridgehead atoms. The van der Waals surface area contributed by atoms with Crippen molar-refractivity contribution in [1.82, 2.24) is 15.5 Å². The quantitative estimate of drug-likeness (QED) is 0.0325. The number of carbonyl (C=O) groups is 6. The number of alkyl halides is 6. The van der Waals surface area contributed by atoms with E-state index in [1.807, 2.05) is 10.6 Å². The fourth-order valence-electron chi connectivity index (χ4n) is 7.35. The Morgan fingerprint density at radius 2 is 0.682 bits per heavy atom. The maximum Gasteiger partial charge on any atom is 0.352 e. The molecule has 29 heteroatoms. The summed E-state index contributed by atoms with van der Waals surface area (Å²) in [7, 11) is 0. The number of aliphatic hydroxyl groups is 2. The minimum absolute atomic E-state index is 0.0835. The van der Waals surface area contributed by atoms with E-state index >= 15 is 0 Å². The maximum atomic E-state index is 14.8. The Morgan fingerprint density at radius 3 is 0.943 bits per heavy atom. The molecule has 6 amide bonds. The lowest BCUT2D eigenvalue weighted by atomic mass is 10.0. The molecule has 14 nitrogen and oxygen atoms in total. The first-order valence-electron chi connectivity index (χ1n) is 26.1. The number of nitrogens with one attached hydrogen (secondary N) is 5. The van der Waals surface area contributed by atoms with Gasteiger partial charge in [-0.3, -0.25) is 28.8 Å². The Morgan fingerprint density at radius 1 is 0.409 bits per heavy atom. The van der Waals surface area contributed by atoms with E-state index in [0.717, 1.165) is 59.5 Å². The number of anilines is 3. The molecule has 0 unspecified atom stereocenters. The van der Waals surface area contributed by atoms with E-state index < -0.39 is 145 Å². The van der Waals surface area contributed by atoms with Gasteiger partial charge in [-0.25, -0.2) is 39.5 Å². The summed E-state index contributed by atoms with van der Waals surface area (Å²) in [6.45, 7) is 5.39. The predicted molar refractivity (Wildman–Crippen MR) is 289 cm³/mol. The van der Waals surface area contributed by atoms with Crippen LogP contribution in [0.15, 0.2) is 109 Å². The highest BCUT2D eigenvalue weighted by Crippen LogP contribution is 2.35. The van der Waals surface area contributed by atoms with Crippen LogP contribution in [0.4, 0.5) is 82.9 Å². The average molecular weight is 1260 g/mol. The van der Waals surface area contributed by atoms with Crippen LogP contribution in [-0.4, -0.2) is 89.9 Å². The molecular formula is C59H55F15N6O8. The zero-order valence-electron chi connectivity index (χ0n) is 46.7. The summed E-state index contributed by atoms with van der Waals surface area (Å²) in [5.74, 6) is -33.1. The van der Waals surface area contributed by atoms with E-state index in [-0.39, 0.29) is 62.0 Å². The van der Waals surface area contributed by atoms with Crippen molar-refractivity contribution in [3.63, 3.8) is 0 Å². The van der Waals surface area contributed by atoms with Gasteiger partial charge in [0, 0.05) is 91.3 Å². The second kappa shape index (κ2) is 31.6. The Bertz CT molecular complexity index is 3330. The average Bonchev–Trinajstić information content (AvgIpc) is 1.26. The van der Waals surface area contributed by atoms with Crippen molar-refractivity contribution in [3.8, 4) is 0 Å². The molecule has 7 N–H and O–H groups in total. The van der Waals surface area contributed by atoms with Gasteiger partial charge in [-0.2, -0.15) is 26.3 Å². The van der Waals surface area contributed by atoms with Crippen molar-refractivity contribution in [2.24, 2.45) is 11.8 Å². The highest BCUT2D eigenvalue weighted by Gasteiger charge is 2.47. The fraction of sp³-hybridized carbons (Fsp3) is 0.288. The molecule has 0 spiro atoms. The van der Waals surface area contributed by atoms with Crippen molar-refractivity contribution in [3.05, 3.63) is 195 Å². The number of carbonyl (C=O) groups excluding carboxylic acids is 6. The topological polar surface area (TPSA) is 206 Å². The third-order valence-corrected chi connectivity index (χ3v) is 12.2. The SMILES string of the molecule is CCCN(CCC)C(=O)C(F)(F)c1cc(C(=O)Nc2ccc(F)c(F)c2)ccc1F.C[C@@H](CO)CNC(=O)C(F)(F)c1cc(C(=O)Nc2ccc(F)c(F)c2)ccc1F.C[C@H](CO)CNC(=O)C(F)(F)c1cc(C(=O)Nc2ccc(F)c(F)c2)ccc1F. The molecular weight excluding hydrogens is 1210 g/mol. The molecule has 0 radical (unpaired) electrons. The molecule has 2 atom stereocenters. The molecule has 0 fully saturated rings. The van der Waals surface area contributed by atoms with Crippen LogP contribution in [-0.2, 0) is 32.2 Å². The van der Waals surface area contributed by atoms with Gasteiger partial charge in [0.05, 0.1) is 16.7 Å². The van der Waals surface area contributed by atoms with E-state index in [2.05, 4.69) is 16.0 Å². The molecule has 0 heterocycles. The number of hydrogen-bond acceptors (Lipinski definition) is 8. The molecule has 0 aliphatic rings. The predicted octanol–water partition coefficient (Wildman–Crippen LogP) is 11.5. The number of hydrogen-bond donors (Lipinski definition) is 7. The third kappa shape index (κ3) is 19.0. The van der Waals surface area contributed by atoms with Crippen molar-refractivity contribution in [1.29, 1.82) is 0 Å². The normalized spacial score (nSPS) is 12.0. The van der Waals surface area contributed by atoms with Gasteiger partial charge in [0.25, 0.3) is 35.4 Å². The minimum Gasteiger partial charge on any atom is -0.396 e. The first-order chi connectivity index (χ1) is 41.2. The van der Waals surface area contributed by atoms with Crippen LogP contribution in [0.5, 0.6) is 0 Å². The largest absolute Gasteiger partial charge is 0.396 e. The lowest BCUT2D eigenvalue weighted by Crippen LogP contribution is -2.43. The summed E-state index contributed by atoms with van der Waals surface area (Å²) >= 11 is 0.